The van der Waals surface area contributed by atoms with Gasteiger partial charge in [-0.3, -0.25) is 4.79 Å². The number of carbonyl (C=O) groups is 1. The van der Waals surface area contributed by atoms with E-state index in [0.29, 0.717) is 17.1 Å². The number of rotatable bonds is 5. The highest BCUT2D eigenvalue weighted by Crippen LogP contribution is 2.33. The van der Waals surface area contributed by atoms with Gasteiger partial charge in [0.05, 0.1) is 5.41 Å². The third kappa shape index (κ3) is 4.03. The SMILES string of the molecule is O=C(Cl)C(CBr)(CBr)Cc1ccc(Br)c(Br)c1. The van der Waals surface area contributed by atoms with E-state index in [0.717, 1.165) is 14.5 Å². The van der Waals surface area contributed by atoms with Gasteiger partial charge < -0.3 is 0 Å². The number of benzene rings is 1. The maximum absolute atomic E-state index is 11.6. The van der Waals surface area contributed by atoms with E-state index in [1.807, 2.05) is 18.2 Å². The molecule has 0 saturated heterocycles. The molecule has 17 heavy (non-hydrogen) atoms. The summed E-state index contributed by atoms with van der Waals surface area (Å²) >= 11 is 19.3. The Labute approximate surface area is 139 Å². The van der Waals surface area contributed by atoms with Crippen LogP contribution in [0.2, 0.25) is 0 Å². The van der Waals surface area contributed by atoms with Gasteiger partial charge in [-0.2, -0.15) is 0 Å². The summed E-state index contributed by atoms with van der Waals surface area (Å²) in [6.07, 6.45) is 0.595. The van der Waals surface area contributed by atoms with E-state index < -0.39 is 5.41 Å². The smallest absolute Gasteiger partial charge is 0.229 e. The van der Waals surface area contributed by atoms with Gasteiger partial charge in [-0.15, -0.1) is 0 Å². The maximum atomic E-state index is 11.6. The van der Waals surface area contributed by atoms with Crippen molar-refractivity contribution in [3.8, 4) is 0 Å². The van der Waals surface area contributed by atoms with Gasteiger partial charge in [0.15, 0.2) is 0 Å². The van der Waals surface area contributed by atoms with Gasteiger partial charge in [0.25, 0.3) is 0 Å². The van der Waals surface area contributed by atoms with Crippen LogP contribution in [0.4, 0.5) is 0 Å². The molecule has 0 saturated carbocycles. The van der Waals surface area contributed by atoms with E-state index >= 15 is 0 Å². The molecule has 0 spiro atoms. The quantitative estimate of drug-likeness (QED) is 0.387. The van der Waals surface area contributed by atoms with Gasteiger partial charge in [-0.25, -0.2) is 0 Å². The minimum atomic E-state index is -0.602. The zero-order valence-corrected chi connectivity index (χ0v) is 15.8. The molecule has 0 amide bonds. The monoisotopic (exact) mass is 508 g/mol. The van der Waals surface area contributed by atoms with Gasteiger partial charge in [0.1, 0.15) is 0 Å². The largest absolute Gasteiger partial charge is 0.281 e. The Morgan fingerprint density at radius 2 is 1.76 bits per heavy atom. The average molecular weight is 512 g/mol. The zero-order valence-electron chi connectivity index (χ0n) is 8.65. The summed E-state index contributed by atoms with van der Waals surface area (Å²) < 4.78 is 1.96. The summed E-state index contributed by atoms with van der Waals surface area (Å²) in [6, 6.07) is 5.92. The van der Waals surface area contributed by atoms with Crippen LogP contribution in [-0.2, 0) is 11.2 Å². The number of halogens is 5. The van der Waals surface area contributed by atoms with Crippen LogP contribution in [0.1, 0.15) is 5.56 Å². The van der Waals surface area contributed by atoms with Gasteiger partial charge in [0.2, 0.25) is 5.24 Å². The molecule has 0 unspecified atom stereocenters. The average Bonchev–Trinajstić information content (AvgIpc) is 2.30. The highest BCUT2D eigenvalue weighted by molar-refractivity contribution is 9.13. The Morgan fingerprint density at radius 1 is 1.18 bits per heavy atom. The Bertz CT molecular complexity index is 418. The van der Waals surface area contributed by atoms with E-state index in [9.17, 15) is 4.79 Å². The molecule has 0 atom stereocenters. The topological polar surface area (TPSA) is 17.1 Å². The van der Waals surface area contributed by atoms with Crippen LogP contribution in [-0.4, -0.2) is 15.9 Å². The van der Waals surface area contributed by atoms with Crippen molar-refractivity contribution >= 4 is 80.6 Å². The first-order chi connectivity index (χ1) is 7.95. The summed E-state index contributed by atoms with van der Waals surface area (Å²) in [5.41, 5.74) is 0.461. The predicted octanol–water partition coefficient (Wildman–Crippen LogP) is 5.30. The minimum absolute atomic E-state index is 0.328. The molecule has 1 aromatic rings. The summed E-state index contributed by atoms with van der Waals surface area (Å²) in [7, 11) is 0. The Balaban J connectivity index is 3.01. The van der Waals surface area contributed by atoms with Crippen molar-refractivity contribution in [3.05, 3.63) is 32.7 Å². The molecule has 0 aliphatic rings. The first kappa shape index (κ1) is 16.2. The van der Waals surface area contributed by atoms with Gasteiger partial charge in [-0.1, -0.05) is 37.9 Å². The lowest BCUT2D eigenvalue weighted by molar-refractivity contribution is -0.118. The fraction of sp³-hybridized carbons (Fsp3) is 0.364. The lowest BCUT2D eigenvalue weighted by atomic mass is 9.87. The number of carbonyl (C=O) groups excluding carboxylic acids is 1. The van der Waals surface area contributed by atoms with Crippen LogP contribution in [0.3, 0.4) is 0 Å². The summed E-state index contributed by atoms with van der Waals surface area (Å²) in [5, 5.41) is 0.730. The molecule has 0 heterocycles. The molecule has 1 aromatic carbocycles. The lowest BCUT2D eigenvalue weighted by Gasteiger charge is -2.25. The molecular weight excluding hydrogens is 503 g/mol. The van der Waals surface area contributed by atoms with Crippen molar-refractivity contribution in [2.75, 3.05) is 10.7 Å². The van der Waals surface area contributed by atoms with Crippen LogP contribution in [0, 0.1) is 5.41 Å². The van der Waals surface area contributed by atoms with Crippen LogP contribution < -0.4 is 0 Å². The highest BCUT2D eigenvalue weighted by Gasteiger charge is 2.35. The highest BCUT2D eigenvalue weighted by atomic mass is 79.9. The second-order valence-electron chi connectivity index (χ2n) is 3.75. The van der Waals surface area contributed by atoms with Crippen molar-refractivity contribution in [3.63, 3.8) is 0 Å². The van der Waals surface area contributed by atoms with E-state index in [1.165, 1.54) is 0 Å². The number of hydrogen-bond acceptors (Lipinski definition) is 1. The molecule has 6 heteroatoms. The third-order valence-electron chi connectivity index (χ3n) is 2.46. The first-order valence-electron chi connectivity index (χ1n) is 4.71. The van der Waals surface area contributed by atoms with Gasteiger partial charge in [-0.05, 0) is 67.6 Å². The Hall–Kier alpha value is 1.10. The lowest BCUT2D eigenvalue weighted by Crippen LogP contribution is -2.34. The second kappa shape index (κ2) is 7.04. The molecule has 0 N–H and O–H groups in total. The zero-order chi connectivity index (χ0) is 13.1. The summed E-state index contributed by atoms with van der Waals surface area (Å²) in [4.78, 5) is 11.6. The molecule has 0 radical (unpaired) electrons. The van der Waals surface area contributed by atoms with Crippen LogP contribution in [0.5, 0.6) is 0 Å². The van der Waals surface area contributed by atoms with E-state index in [4.69, 9.17) is 11.6 Å². The minimum Gasteiger partial charge on any atom is -0.281 e. The van der Waals surface area contributed by atoms with Gasteiger partial charge >= 0.3 is 0 Å². The number of hydrogen-bond donors (Lipinski definition) is 0. The fourth-order valence-corrected chi connectivity index (χ4v) is 4.38. The number of alkyl halides is 2. The van der Waals surface area contributed by atoms with Crippen molar-refractivity contribution in [2.45, 2.75) is 6.42 Å². The molecular formula is C11H9Br4ClO. The maximum Gasteiger partial charge on any atom is 0.229 e. The molecule has 0 aromatic heterocycles. The predicted molar refractivity (Wildman–Crippen MR) is 86.4 cm³/mol. The van der Waals surface area contributed by atoms with Crippen molar-refractivity contribution in [1.82, 2.24) is 0 Å². The normalized spacial score (nSPS) is 11.6. The molecule has 94 valence electrons. The molecule has 0 aliphatic heterocycles. The van der Waals surface area contributed by atoms with Crippen molar-refractivity contribution in [1.29, 1.82) is 0 Å². The molecule has 1 rings (SSSR count). The standard InChI is InChI=1S/C11H9Br4ClO/c12-5-11(6-13,10(16)17)4-7-1-2-8(14)9(15)3-7/h1-3H,4-6H2. The van der Waals surface area contributed by atoms with Crippen LogP contribution in [0.25, 0.3) is 0 Å². The summed E-state index contributed by atoms with van der Waals surface area (Å²) in [6.45, 7) is 0. The third-order valence-corrected chi connectivity index (χ3v) is 6.88. The second-order valence-corrected chi connectivity index (χ2v) is 6.92. The Morgan fingerprint density at radius 3 is 2.18 bits per heavy atom. The summed E-state index contributed by atoms with van der Waals surface area (Å²) in [5.74, 6) is 0. The molecule has 1 nitrogen and oxygen atoms in total. The van der Waals surface area contributed by atoms with Crippen LogP contribution >= 0.6 is 75.3 Å². The van der Waals surface area contributed by atoms with Crippen molar-refractivity contribution < 1.29 is 4.79 Å². The molecule has 0 fully saturated rings. The van der Waals surface area contributed by atoms with E-state index in [-0.39, 0.29) is 5.24 Å². The Kier molecular flexibility index (Phi) is 6.69. The van der Waals surface area contributed by atoms with Crippen LogP contribution in [0.15, 0.2) is 27.1 Å². The van der Waals surface area contributed by atoms with Gasteiger partial charge in [0, 0.05) is 19.6 Å². The fourth-order valence-electron chi connectivity index (χ4n) is 1.35. The van der Waals surface area contributed by atoms with E-state index in [2.05, 4.69) is 63.7 Å². The molecule has 0 bridgehead atoms. The van der Waals surface area contributed by atoms with Crippen molar-refractivity contribution in [2.24, 2.45) is 5.41 Å². The van der Waals surface area contributed by atoms with E-state index in [1.54, 1.807) is 0 Å². The first-order valence-corrected chi connectivity index (χ1v) is 8.91. The molecule has 0 aliphatic carbocycles.